The van der Waals surface area contributed by atoms with Crippen LogP contribution in [0.5, 0.6) is 5.75 Å². The van der Waals surface area contributed by atoms with Gasteiger partial charge in [-0.1, -0.05) is 69.4 Å². The number of ether oxygens (including phenoxy) is 1. The molecule has 1 heterocycles. The second-order valence-electron chi connectivity index (χ2n) is 10.6. The molecule has 0 spiro atoms. The molecule has 2 fully saturated rings. The van der Waals surface area contributed by atoms with E-state index in [4.69, 9.17) is 4.74 Å². The van der Waals surface area contributed by atoms with Gasteiger partial charge in [0.25, 0.3) is 11.8 Å². The molecule has 2 aromatic rings. The lowest BCUT2D eigenvalue weighted by atomic mass is 9.81. The van der Waals surface area contributed by atoms with E-state index in [1.54, 1.807) is 0 Å². The molecule has 1 unspecified atom stereocenters. The van der Waals surface area contributed by atoms with Crippen LogP contribution < -0.4 is 15.0 Å². The van der Waals surface area contributed by atoms with E-state index in [0.29, 0.717) is 38.7 Å². The Labute approximate surface area is 225 Å². The number of aliphatic hydroxyl groups is 2. The summed E-state index contributed by atoms with van der Waals surface area (Å²) in [5.41, 5.74) is 1.91. The van der Waals surface area contributed by atoms with Crippen LogP contribution in [-0.2, 0) is 16.1 Å². The van der Waals surface area contributed by atoms with Crippen LogP contribution in [0, 0.1) is 11.8 Å². The van der Waals surface area contributed by atoms with Gasteiger partial charge in [0.1, 0.15) is 5.75 Å². The van der Waals surface area contributed by atoms with Crippen molar-refractivity contribution in [2.24, 2.45) is 11.8 Å². The van der Waals surface area contributed by atoms with Crippen LogP contribution in [-0.4, -0.2) is 71.9 Å². The molecule has 0 bridgehead atoms. The predicted octanol–water partition coefficient (Wildman–Crippen LogP) is 2.97. The second kappa shape index (κ2) is 13.6. The van der Waals surface area contributed by atoms with Crippen molar-refractivity contribution in [3.63, 3.8) is 0 Å². The molecule has 3 N–H and O–H groups in total. The zero-order valence-corrected chi connectivity index (χ0v) is 22.3. The van der Waals surface area contributed by atoms with E-state index in [9.17, 15) is 19.8 Å². The molecule has 1 saturated heterocycles. The van der Waals surface area contributed by atoms with Crippen LogP contribution in [0.15, 0.2) is 54.6 Å². The molecular formula is C30H41N3O5. The molecule has 2 aromatic carbocycles. The van der Waals surface area contributed by atoms with E-state index in [1.807, 2.05) is 54.6 Å². The van der Waals surface area contributed by atoms with Crippen LogP contribution in [0.2, 0.25) is 0 Å². The third kappa shape index (κ3) is 7.48. The zero-order chi connectivity index (χ0) is 26.9. The van der Waals surface area contributed by atoms with Crippen LogP contribution in [0.4, 0.5) is 5.69 Å². The minimum absolute atomic E-state index is 0.172. The normalized spacial score (nSPS) is 18.9. The van der Waals surface area contributed by atoms with Gasteiger partial charge in [-0.25, -0.2) is 0 Å². The number of amides is 2. The lowest BCUT2D eigenvalue weighted by Crippen LogP contribution is -2.55. The van der Waals surface area contributed by atoms with Gasteiger partial charge in [0.2, 0.25) is 0 Å². The van der Waals surface area contributed by atoms with Crippen molar-refractivity contribution in [2.75, 3.05) is 37.7 Å². The molecular weight excluding hydrogens is 482 g/mol. The summed E-state index contributed by atoms with van der Waals surface area (Å²) in [6.07, 6.45) is 2.93. The average Bonchev–Trinajstić information content (AvgIpc) is 2.99. The summed E-state index contributed by atoms with van der Waals surface area (Å²) in [5, 5.41) is 23.3. The van der Waals surface area contributed by atoms with Gasteiger partial charge in [-0.2, -0.15) is 0 Å². The topological polar surface area (TPSA) is 102 Å². The quantitative estimate of drug-likeness (QED) is 0.443. The highest BCUT2D eigenvalue weighted by Gasteiger charge is 2.34. The Balaban J connectivity index is 1.18. The fourth-order valence-corrected chi connectivity index (χ4v) is 5.35. The monoisotopic (exact) mass is 523 g/mol. The number of nitrogens with one attached hydrogen (secondary N) is 1. The maximum Gasteiger partial charge on any atom is 0.254 e. The standard InChI is InChI=1S/C30H41N3O5/c1-22(24-8-4-2-5-9-24)21-38-26-14-12-23(13-15-26)20-31-29(36)27(34)28(35)30(37)33-18-16-32(17-19-33)25-10-6-3-7-11-25/h3,6-7,10-15,22,24,27-28,34-35H,2,4-5,8-9,16-21H2,1H3,(H,31,36)/t22?,27-,28-/m1/s1. The molecule has 2 aliphatic rings. The van der Waals surface area contributed by atoms with Gasteiger partial charge >= 0.3 is 0 Å². The Morgan fingerprint density at radius 2 is 1.58 bits per heavy atom. The maximum absolute atomic E-state index is 12.7. The number of nitrogens with zero attached hydrogens (tertiary/aromatic N) is 2. The first-order valence-corrected chi connectivity index (χ1v) is 13.9. The highest BCUT2D eigenvalue weighted by molar-refractivity contribution is 5.90. The largest absolute Gasteiger partial charge is 0.493 e. The van der Waals surface area contributed by atoms with Gasteiger partial charge in [0.05, 0.1) is 6.61 Å². The van der Waals surface area contributed by atoms with Crippen LogP contribution in [0.3, 0.4) is 0 Å². The van der Waals surface area contributed by atoms with E-state index in [0.717, 1.165) is 22.9 Å². The minimum atomic E-state index is -1.83. The molecule has 1 saturated carbocycles. The fourth-order valence-electron chi connectivity index (χ4n) is 5.35. The summed E-state index contributed by atoms with van der Waals surface area (Å²) in [4.78, 5) is 28.8. The van der Waals surface area contributed by atoms with Gasteiger partial charge in [-0.05, 0) is 41.7 Å². The Hall–Kier alpha value is -3.10. The molecule has 8 heteroatoms. The number of benzene rings is 2. The summed E-state index contributed by atoms with van der Waals surface area (Å²) in [6.45, 7) is 5.17. The zero-order valence-electron chi connectivity index (χ0n) is 22.3. The molecule has 8 nitrogen and oxygen atoms in total. The minimum Gasteiger partial charge on any atom is -0.493 e. The number of piperazine rings is 1. The van der Waals surface area contributed by atoms with Crippen molar-refractivity contribution in [2.45, 2.75) is 57.8 Å². The summed E-state index contributed by atoms with van der Waals surface area (Å²) in [7, 11) is 0. The Bertz CT molecular complexity index is 1020. The van der Waals surface area contributed by atoms with E-state index in [2.05, 4.69) is 17.1 Å². The van der Waals surface area contributed by atoms with Crippen LogP contribution in [0.1, 0.15) is 44.6 Å². The molecule has 0 radical (unpaired) electrons. The molecule has 206 valence electrons. The van der Waals surface area contributed by atoms with E-state index >= 15 is 0 Å². The van der Waals surface area contributed by atoms with E-state index < -0.39 is 24.0 Å². The maximum atomic E-state index is 12.7. The number of anilines is 1. The summed E-state index contributed by atoms with van der Waals surface area (Å²) in [6, 6.07) is 17.4. The Morgan fingerprint density at radius 3 is 2.24 bits per heavy atom. The lowest BCUT2D eigenvalue weighted by molar-refractivity contribution is -0.153. The summed E-state index contributed by atoms with van der Waals surface area (Å²) in [5.74, 6) is 0.638. The highest BCUT2D eigenvalue weighted by Crippen LogP contribution is 2.30. The average molecular weight is 524 g/mol. The van der Waals surface area contributed by atoms with Gasteiger partial charge < -0.3 is 30.1 Å². The SMILES string of the molecule is CC(COc1ccc(CNC(=O)[C@H](O)[C@@H](O)C(=O)N2CCN(c3ccccc3)CC2)cc1)C1CCCCC1. The smallest absolute Gasteiger partial charge is 0.254 e. The molecule has 3 atom stereocenters. The molecule has 2 amide bonds. The summed E-state index contributed by atoms with van der Waals surface area (Å²) >= 11 is 0. The van der Waals surface area contributed by atoms with Crippen molar-refractivity contribution in [3.05, 3.63) is 60.2 Å². The fraction of sp³-hybridized carbons (Fsp3) is 0.533. The number of para-hydroxylation sites is 1. The number of rotatable bonds is 10. The molecule has 0 aromatic heterocycles. The third-order valence-corrected chi connectivity index (χ3v) is 7.89. The number of hydrogen-bond donors (Lipinski definition) is 3. The van der Waals surface area contributed by atoms with E-state index in [1.165, 1.54) is 37.0 Å². The number of hydrogen-bond acceptors (Lipinski definition) is 6. The van der Waals surface area contributed by atoms with Crippen molar-refractivity contribution >= 4 is 17.5 Å². The third-order valence-electron chi connectivity index (χ3n) is 7.89. The molecule has 38 heavy (non-hydrogen) atoms. The van der Waals surface area contributed by atoms with Crippen molar-refractivity contribution in [3.8, 4) is 5.75 Å². The van der Waals surface area contributed by atoms with Crippen molar-refractivity contribution < 1.29 is 24.5 Å². The van der Waals surface area contributed by atoms with Gasteiger partial charge in [0.15, 0.2) is 12.2 Å². The van der Waals surface area contributed by atoms with Gasteiger partial charge in [0, 0.05) is 38.4 Å². The number of carbonyl (C=O) groups excluding carboxylic acids is 2. The Kier molecular flexibility index (Phi) is 10.0. The highest BCUT2D eigenvalue weighted by atomic mass is 16.5. The predicted molar refractivity (Wildman–Crippen MR) is 147 cm³/mol. The van der Waals surface area contributed by atoms with Gasteiger partial charge in [-0.3, -0.25) is 9.59 Å². The first-order valence-electron chi connectivity index (χ1n) is 13.9. The van der Waals surface area contributed by atoms with Crippen molar-refractivity contribution in [1.29, 1.82) is 0 Å². The molecule has 1 aliphatic heterocycles. The van der Waals surface area contributed by atoms with Gasteiger partial charge in [-0.15, -0.1) is 0 Å². The number of carbonyl (C=O) groups is 2. The second-order valence-corrected chi connectivity index (χ2v) is 10.6. The van der Waals surface area contributed by atoms with Crippen LogP contribution in [0.25, 0.3) is 0 Å². The Morgan fingerprint density at radius 1 is 0.921 bits per heavy atom. The van der Waals surface area contributed by atoms with Crippen LogP contribution >= 0.6 is 0 Å². The summed E-state index contributed by atoms with van der Waals surface area (Å²) < 4.78 is 5.98. The first-order chi connectivity index (χ1) is 18.4. The van der Waals surface area contributed by atoms with Crippen molar-refractivity contribution in [1.82, 2.24) is 10.2 Å². The molecule has 4 rings (SSSR count). The lowest BCUT2D eigenvalue weighted by Gasteiger charge is -2.37. The number of aliphatic hydroxyl groups excluding tert-OH is 2. The van der Waals surface area contributed by atoms with E-state index in [-0.39, 0.29) is 6.54 Å². The first kappa shape index (κ1) is 27.9. The molecule has 1 aliphatic carbocycles.